The zero-order chi connectivity index (χ0) is 13.0. The molecule has 1 aromatic rings. The number of thioether (sulfide) groups is 2. The van der Waals surface area contributed by atoms with Gasteiger partial charge in [0.15, 0.2) is 0 Å². The van der Waals surface area contributed by atoms with Gasteiger partial charge in [0.25, 0.3) is 0 Å². The Hall–Kier alpha value is 0.463. The van der Waals surface area contributed by atoms with Crippen molar-refractivity contribution in [2.75, 3.05) is 11.5 Å². The normalized spacial score (nSPS) is 19.1. The van der Waals surface area contributed by atoms with E-state index in [0.717, 1.165) is 0 Å². The van der Waals surface area contributed by atoms with Crippen LogP contribution in [-0.2, 0) is 2.91 Å². The van der Waals surface area contributed by atoms with Gasteiger partial charge in [0.2, 0.25) is 0 Å². The fraction of sp³-hybridized carbons (Fsp3) is 0.600. The molecule has 0 amide bonds. The van der Waals surface area contributed by atoms with Crippen LogP contribution in [0.2, 0.25) is 10.5 Å². The van der Waals surface area contributed by atoms with E-state index in [1.165, 1.54) is 34.0 Å². The first-order valence-electron chi connectivity index (χ1n) is 6.93. The second kappa shape index (κ2) is 6.76. The van der Waals surface area contributed by atoms with Crippen LogP contribution in [0, 0.1) is 6.92 Å². The Balaban J connectivity index is 2.37. The van der Waals surface area contributed by atoms with E-state index in [2.05, 4.69) is 68.6 Å². The van der Waals surface area contributed by atoms with Crippen molar-refractivity contribution in [2.45, 2.75) is 40.6 Å². The summed E-state index contributed by atoms with van der Waals surface area (Å²) in [7, 11) is 0. The summed E-state index contributed by atoms with van der Waals surface area (Å²) in [5.41, 5.74) is 3.00. The molecular formula is C15H23GeS2. The maximum absolute atomic E-state index is 2.42. The monoisotopic (exact) mass is 341 g/mol. The molecule has 0 atom stereocenters. The second-order valence-electron chi connectivity index (χ2n) is 4.84. The predicted octanol–water partition coefficient (Wildman–Crippen LogP) is 5.09. The Labute approximate surface area is 125 Å². The summed E-state index contributed by atoms with van der Waals surface area (Å²) < 4.78 is 0.482. The van der Waals surface area contributed by atoms with Crippen molar-refractivity contribution in [3.8, 4) is 0 Å². The van der Waals surface area contributed by atoms with Crippen molar-refractivity contribution in [1.29, 1.82) is 0 Å². The molecule has 2 rings (SSSR count). The third-order valence-electron chi connectivity index (χ3n) is 3.65. The van der Waals surface area contributed by atoms with Crippen LogP contribution in [0.5, 0.6) is 0 Å². The molecule has 1 radical (unpaired) electrons. The summed E-state index contributed by atoms with van der Waals surface area (Å²) in [6.45, 7) is 7.03. The molecule has 0 bridgehead atoms. The summed E-state index contributed by atoms with van der Waals surface area (Å²) in [6.07, 6.45) is 1.39. The van der Waals surface area contributed by atoms with Gasteiger partial charge in [0, 0.05) is 0 Å². The van der Waals surface area contributed by atoms with E-state index in [1.807, 2.05) is 0 Å². The Morgan fingerprint density at radius 2 is 1.61 bits per heavy atom. The molecule has 0 aliphatic carbocycles. The van der Waals surface area contributed by atoms with Crippen LogP contribution < -0.4 is 0 Å². The van der Waals surface area contributed by atoms with Gasteiger partial charge in [0.05, 0.1) is 0 Å². The molecule has 1 aromatic carbocycles. The zero-order valence-corrected chi connectivity index (χ0v) is 15.4. The van der Waals surface area contributed by atoms with Gasteiger partial charge in [-0.2, -0.15) is 0 Å². The van der Waals surface area contributed by atoms with Gasteiger partial charge < -0.3 is 0 Å². The first kappa shape index (κ1) is 14.9. The third kappa shape index (κ3) is 2.96. The summed E-state index contributed by atoms with van der Waals surface area (Å²) in [5.74, 6) is 2.72. The van der Waals surface area contributed by atoms with Gasteiger partial charge in [-0.3, -0.25) is 0 Å². The maximum atomic E-state index is 2.42. The van der Waals surface area contributed by atoms with E-state index in [1.54, 1.807) is 5.56 Å². The van der Waals surface area contributed by atoms with Crippen LogP contribution in [0.4, 0.5) is 0 Å². The van der Waals surface area contributed by atoms with E-state index >= 15 is 0 Å². The molecule has 0 nitrogen and oxygen atoms in total. The molecule has 1 aliphatic rings. The van der Waals surface area contributed by atoms with Crippen LogP contribution in [0.15, 0.2) is 24.3 Å². The third-order valence-corrected chi connectivity index (χ3v) is 17.6. The number of hydrogen-bond acceptors (Lipinski definition) is 2. The number of hydrogen-bond donors (Lipinski definition) is 0. The molecule has 1 saturated heterocycles. The van der Waals surface area contributed by atoms with E-state index in [-0.39, 0.29) is 0 Å². The van der Waals surface area contributed by atoms with Gasteiger partial charge in [-0.15, -0.1) is 0 Å². The fourth-order valence-electron chi connectivity index (χ4n) is 2.60. The van der Waals surface area contributed by atoms with Crippen LogP contribution >= 0.6 is 23.5 Å². The Kier molecular flexibility index (Phi) is 5.58. The Bertz CT molecular complexity index is 365. The molecule has 0 spiro atoms. The van der Waals surface area contributed by atoms with Crippen molar-refractivity contribution >= 4 is 37.9 Å². The van der Waals surface area contributed by atoms with E-state index in [9.17, 15) is 0 Å². The van der Waals surface area contributed by atoms with Gasteiger partial charge in [-0.1, -0.05) is 0 Å². The molecular weight excluding hydrogens is 317 g/mol. The molecule has 1 aliphatic heterocycles. The summed E-state index contributed by atoms with van der Waals surface area (Å²) in [4.78, 5) is 0. The first-order chi connectivity index (χ1) is 8.73. The van der Waals surface area contributed by atoms with Gasteiger partial charge >= 0.3 is 125 Å². The molecule has 0 N–H and O–H groups in total. The molecule has 18 heavy (non-hydrogen) atoms. The summed E-state index contributed by atoms with van der Waals surface area (Å²) in [6, 6.07) is 9.40. The van der Waals surface area contributed by atoms with Crippen LogP contribution in [0.25, 0.3) is 0 Å². The minimum absolute atomic E-state index is 0.482. The van der Waals surface area contributed by atoms with Crippen LogP contribution in [0.3, 0.4) is 0 Å². The standard InChI is InChI=1S/C15H23GeS2/c1-4-16(5-2)15(17-11-6-12-18-15)14-9-7-13(3)8-10-14/h7-10H,4-6,11-12H2,1-3H3. The number of benzene rings is 1. The van der Waals surface area contributed by atoms with Gasteiger partial charge in [-0.05, 0) is 0 Å². The Morgan fingerprint density at radius 3 is 2.11 bits per heavy atom. The molecule has 0 unspecified atom stereocenters. The fourth-order valence-corrected chi connectivity index (χ4v) is 16.8. The van der Waals surface area contributed by atoms with Crippen molar-refractivity contribution in [2.24, 2.45) is 0 Å². The van der Waals surface area contributed by atoms with E-state index < -0.39 is 14.3 Å². The average Bonchev–Trinajstić information content (AvgIpc) is 2.42. The molecule has 3 heteroatoms. The zero-order valence-electron chi connectivity index (χ0n) is 11.7. The van der Waals surface area contributed by atoms with Crippen molar-refractivity contribution in [1.82, 2.24) is 0 Å². The number of aryl methyl sites for hydroxylation is 1. The van der Waals surface area contributed by atoms with Crippen LogP contribution in [-0.4, -0.2) is 25.9 Å². The van der Waals surface area contributed by atoms with Crippen LogP contribution in [0.1, 0.15) is 31.4 Å². The van der Waals surface area contributed by atoms with Gasteiger partial charge in [-0.25, -0.2) is 0 Å². The topological polar surface area (TPSA) is 0 Å². The number of rotatable bonds is 4. The second-order valence-corrected chi connectivity index (χ2v) is 16.3. The van der Waals surface area contributed by atoms with E-state index in [0.29, 0.717) is 2.91 Å². The van der Waals surface area contributed by atoms with Crippen molar-refractivity contribution in [3.63, 3.8) is 0 Å². The van der Waals surface area contributed by atoms with Crippen molar-refractivity contribution in [3.05, 3.63) is 35.4 Å². The average molecular weight is 340 g/mol. The molecule has 1 heterocycles. The van der Waals surface area contributed by atoms with Crippen molar-refractivity contribution < 1.29 is 0 Å². The quantitative estimate of drug-likeness (QED) is 0.700. The SMILES string of the molecule is C[CH2][Ge]([CH2]C)[C]1(c2ccc(C)cc2)SCCCS1. The molecule has 1 fully saturated rings. The summed E-state index contributed by atoms with van der Waals surface area (Å²) in [5, 5.41) is 2.90. The Morgan fingerprint density at radius 1 is 1.06 bits per heavy atom. The molecule has 0 aromatic heterocycles. The first-order valence-corrected chi connectivity index (χ1v) is 12.9. The minimum atomic E-state index is -1.03. The molecule has 99 valence electrons. The van der Waals surface area contributed by atoms with Gasteiger partial charge in [0.1, 0.15) is 0 Å². The summed E-state index contributed by atoms with van der Waals surface area (Å²) >= 11 is 3.50. The predicted molar refractivity (Wildman–Crippen MR) is 89.1 cm³/mol. The van der Waals surface area contributed by atoms with E-state index in [4.69, 9.17) is 0 Å². The molecule has 0 saturated carbocycles.